The van der Waals surface area contributed by atoms with E-state index in [1.807, 2.05) is 13.8 Å². The fourth-order valence-electron chi connectivity index (χ4n) is 4.03. The van der Waals surface area contributed by atoms with E-state index in [-0.39, 0.29) is 45.5 Å². The highest BCUT2D eigenvalue weighted by Gasteiger charge is 2.24. The lowest BCUT2D eigenvalue weighted by Gasteiger charge is -2.36. The van der Waals surface area contributed by atoms with Crippen molar-refractivity contribution in [2.45, 2.75) is 31.0 Å². The molecule has 1 fully saturated rings. The quantitative estimate of drug-likeness (QED) is 0.591. The van der Waals surface area contributed by atoms with Gasteiger partial charge in [0, 0.05) is 41.5 Å². The smallest absolute Gasteiger partial charge is 0.261 e. The van der Waals surface area contributed by atoms with Crippen LogP contribution in [0.15, 0.2) is 71.3 Å². The van der Waals surface area contributed by atoms with Gasteiger partial charge in [-0.2, -0.15) is 0 Å². The summed E-state index contributed by atoms with van der Waals surface area (Å²) < 4.78 is 34.5. The van der Waals surface area contributed by atoms with E-state index in [1.165, 1.54) is 48.7 Å². The van der Waals surface area contributed by atoms with E-state index in [0.717, 1.165) is 18.8 Å². The largest absolute Gasteiger partial charge is 0.758 e. The second-order valence-electron chi connectivity index (χ2n) is 8.36. The van der Waals surface area contributed by atoms with Crippen molar-refractivity contribution in [2.24, 2.45) is 0 Å². The predicted octanol–water partition coefficient (Wildman–Crippen LogP) is 4.19. The third kappa shape index (κ3) is 5.44. The standard InChI is InChI=1S/C24H25ClN3O5S/c1-16-14-27(15-17(2)33-16)20-4-6-21(7-5-20)34(31,32)26-23-8-3-19(25)13-22(23)24(29)18-9-11-28(30)12-10-18/h3-11,13,16-17,26H,12,14-15H2,1-2H3/q-1/t16-,17+. The van der Waals surface area contributed by atoms with E-state index in [2.05, 4.69) is 9.62 Å². The maximum atomic E-state index is 13.1. The van der Waals surface area contributed by atoms with E-state index >= 15 is 0 Å². The Labute approximate surface area is 204 Å². The van der Waals surface area contributed by atoms with Crippen LogP contribution in [0, 0.1) is 5.21 Å². The summed E-state index contributed by atoms with van der Waals surface area (Å²) in [6, 6.07) is 11.0. The number of allylic oxidation sites excluding steroid dienone is 2. The Morgan fingerprint density at radius 2 is 1.79 bits per heavy atom. The van der Waals surface area contributed by atoms with E-state index in [4.69, 9.17) is 16.3 Å². The average Bonchev–Trinajstić information content (AvgIpc) is 2.79. The van der Waals surface area contributed by atoms with Gasteiger partial charge in [0.1, 0.15) is 0 Å². The molecule has 1 saturated heterocycles. The van der Waals surface area contributed by atoms with E-state index in [1.54, 1.807) is 12.1 Å². The first kappa shape index (κ1) is 24.3. The topological polar surface area (TPSA) is 102 Å². The molecular weight excluding hydrogens is 478 g/mol. The molecular formula is C24H25ClN3O5S-. The van der Waals surface area contributed by atoms with Crippen LogP contribution in [0.5, 0.6) is 0 Å². The Bertz CT molecular complexity index is 1230. The molecule has 0 spiro atoms. The number of carbonyl (C=O) groups is 1. The van der Waals surface area contributed by atoms with Crippen molar-refractivity contribution in [3.8, 4) is 0 Å². The maximum absolute atomic E-state index is 13.1. The van der Waals surface area contributed by atoms with Crippen molar-refractivity contribution in [3.63, 3.8) is 0 Å². The van der Waals surface area contributed by atoms with Gasteiger partial charge in [-0.25, -0.2) is 8.42 Å². The molecule has 0 aliphatic carbocycles. The molecule has 2 aliphatic rings. The van der Waals surface area contributed by atoms with Crippen LogP contribution in [0.4, 0.5) is 11.4 Å². The molecule has 2 heterocycles. The lowest BCUT2D eigenvalue weighted by Crippen LogP contribution is -2.45. The molecule has 0 radical (unpaired) electrons. The van der Waals surface area contributed by atoms with Crippen LogP contribution in [-0.4, -0.2) is 51.1 Å². The van der Waals surface area contributed by atoms with Crippen molar-refractivity contribution in [2.75, 3.05) is 29.3 Å². The number of hydroxylamine groups is 2. The number of benzene rings is 2. The Morgan fingerprint density at radius 3 is 2.41 bits per heavy atom. The van der Waals surface area contributed by atoms with Gasteiger partial charge in [-0.1, -0.05) is 17.7 Å². The Hall–Kier alpha value is -2.85. The van der Waals surface area contributed by atoms with Gasteiger partial charge in [-0.05, 0) is 68.6 Å². The number of hydrogen-bond donors (Lipinski definition) is 1. The molecule has 0 bridgehead atoms. The molecule has 0 amide bonds. The fraction of sp³-hybridized carbons (Fsp3) is 0.292. The van der Waals surface area contributed by atoms with Crippen molar-refractivity contribution in [1.29, 1.82) is 0 Å². The van der Waals surface area contributed by atoms with Crippen LogP contribution in [0.3, 0.4) is 0 Å². The molecule has 10 heteroatoms. The van der Waals surface area contributed by atoms with Gasteiger partial charge >= 0.3 is 0 Å². The third-order valence-electron chi connectivity index (χ3n) is 5.58. The van der Waals surface area contributed by atoms with Crippen LogP contribution in [-0.2, 0) is 14.8 Å². The molecule has 8 nitrogen and oxygen atoms in total. The average molecular weight is 503 g/mol. The van der Waals surface area contributed by atoms with Crippen LogP contribution >= 0.6 is 11.6 Å². The third-order valence-corrected chi connectivity index (χ3v) is 7.19. The number of hydrogen-bond acceptors (Lipinski definition) is 7. The zero-order valence-electron chi connectivity index (χ0n) is 18.8. The van der Waals surface area contributed by atoms with Gasteiger partial charge in [0.15, 0.2) is 5.78 Å². The summed E-state index contributed by atoms with van der Waals surface area (Å²) in [5, 5.41) is 12.3. The molecule has 0 unspecified atom stereocenters. The summed E-state index contributed by atoms with van der Waals surface area (Å²) in [6.45, 7) is 5.49. The highest BCUT2D eigenvalue weighted by molar-refractivity contribution is 7.92. The summed E-state index contributed by atoms with van der Waals surface area (Å²) in [5.74, 6) is -0.435. The highest BCUT2D eigenvalue weighted by Crippen LogP contribution is 2.28. The SMILES string of the molecule is C[C@@H]1CN(c2ccc(S(=O)(=O)Nc3ccc(Cl)cc3C(=O)C3=CCN([O-])C=C3)cc2)C[C@H](C)O1. The first-order valence-corrected chi connectivity index (χ1v) is 12.7. The molecule has 2 aromatic carbocycles. The minimum atomic E-state index is -3.97. The zero-order valence-corrected chi connectivity index (χ0v) is 20.3. The molecule has 2 aliphatic heterocycles. The number of rotatable bonds is 6. The Kier molecular flexibility index (Phi) is 6.99. The lowest BCUT2D eigenvalue weighted by atomic mass is 10.0. The Balaban J connectivity index is 1.57. The number of ether oxygens (including phenoxy) is 1. The van der Waals surface area contributed by atoms with Crippen LogP contribution in [0.1, 0.15) is 24.2 Å². The van der Waals surface area contributed by atoms with Crippen LogP contribution in [0.25, 0.3) is 0 Å². The van der Waals surface area contributed by atoms with E-state index in [9.17, 15) is 18.4 Å². The van der Waals surface area contributed by atoms with Gasteiger partial charge in [0.25, 0.3) is 10.0 Å². The molecule has 2 aromatic rings. The molecule has 4 rings (SSSR count). The summed E-state index contributed by atoms with van der Waals surface area (Å²) in [4.78, 5) is 15.3. The molecule has 2 atom stereocenters. The van der Waals surface area contributed by atoms with Gasteiger partial charge in [0.2, 0.25) is 0 Å². The number of Topliss-reactive ketones (excluding diaryl/α,β-unsaturated/α-hetero) is 1. The first-order chi connectivity index (χ1) is 16.1. The fourth-order valence-corrected chi connectivity index (χ4v) is 5.28. The summed E-state index contributed by atoms with van der Waals surface area (Å²) in [5.41, 5.74) is 1.40. The minimum Gasteiger partial charge on any atom is -0.758 e. The van der Waals surface area contributed by atoms with Gasteiger partial charge in [-0.3, -0.25) is 9.52 Å². The van der Waals surface area contributed by atoms with Crippen molar-refractivity contribution in [3.05, 3.63) is 82.2 Å². The number of nitrogens with one attached hydrogen (secondary N) is 1. The second-order valence-corrected chi connectivity index (χ2v) is 10.5. The maximum Gasteiger partial charge on any atom is 0.261 e. The number of carbonyl (C=O) groups excluding carboxylic acids is 1. The number of anilines is 2. The van der Waals surface area contributed by atoms with Crippen molar-refractivity contribution in [1.82, 2.24) is 5.06 Å². The van der Waals surface area contributed by atoms with Crippen LogP contribution < -0.4 is 9.62 Å². The predicted molar refractivity (Wildman–Crippen MR) is 133 cm³/mol. The molecule has 34 heavy (non-hydrogen) atoms. The summed E-state index contributed by atoms with van der Waals surface area (Å²) in [7, 11) is -3.97. The molecule has 180 valence electrons. The second kappa shape index (κ2) is 9.79. The number of ketones is 1. The monoisotopic (exact) mass is 502 g/mol. The van der Waals surface area contributed by atoms with Gasteiger partial charge in [-0.15, -0.1) is 0 Å². The number of nitrogens with zero attached hydrogens (tertiary/aromatic N) is 2. The summed E-state index contributed by atoms with van der Waals surface area (Å²) >= 11 is 6.08. The minimum absolute atomic E-state index is 0.0340. The molecule has 0 aromatic heterocycles. The summed E-state index contributed by atoms with van der Waals surface area (Å²) in [6.07, 6.45) is 4.30. The zero-order chi connectivity index (χ0) is 24.5. The van der Waals surface area contributed by atoms with E-state index in [0.29, 0.717) is 5.06 Å². The van der Waals surface area contributed by atoms with Gasteiger partial charge < -0.3 is 19.9 Å². The number of sulfonamides is 1. The first-order valence-electron chi connectivity index (χ1n) is 10.8. The van der Waals surface area contributed by atoms with Crippen molar-refractivity contribution >= 4 is 38.8 Å². The van der Waals surface area contributed by atoms with E-state index < -0.39 is 15.8 Å². The van der Waals surface area contributed by atoms with Gasteiger partial charge in [0.05, 0.1) is 22.8 Å². The highest BCUT2D eigenvalue weighted by atomic mass is 35.5. The number of halogens is 1. The molecule has 0 saturated carbocycles. The van der Waals surface area contributed by atoms with Crippen LogP contribution in [0.2, 0.25) is 5.02 Å². The molecule has 1 N–H and O–H groups in total. The Morgan fingerprint density at radius 1 is 1.12 bits per heavy atom. The number of morpholine rings is 1. The normalized spacial score (nSPS) is 20.8. The lowest BCUT2D eigenvalue weighted by molar-refractivity contribution is -0.00522. The van der Waals surface area contributed by atoms with Crippen molar-refractivity contribution < 1.29 is 17.9 Å².